The molecule has 9 nitrogen and oxygen atoms in total. The number of hydrogen-bond acceptors (Lipinski definition) is 8. The number of nitro groups is 1. The molecule has 0 amide bonds. The number of nitrogens with zero attached hydrogens (tertiary/aromatic N) is 3. The Kier molecular flexibility index (Phi) is 7.07. The quantitative estimate of drug-likeness (QED) is 0.205. The Morgan fingerprint density at radius 1 is 0.935 bits per heavy atom. The van der Waals surface area contributed by atoms with Crippen LogP contribution < -0.4 is 29.6 Å². The molecule has 31 heavy (non-hydrogen) atoms. The standard InChI is InChI=1S/C17H10F3N3O6S.Na/c18-17(19,20)13-7-9(23(25)26)1-4-15(13)22-21-14-5-6-16(24)11-3-2-10(8-12(11)14)30(27,28)29;/h1-8,24H,(H,27,28,29);/q;+1/p-1. The van der Waals surface area contributed by atoms with Crippen molar-refractivity contribution < 1.29 is 65.7 Å². The number of aromatic hydroxyl groups is 1. The molecule has 0 atom stereocenters. The molecule has 0 aliphatic rings. The van der Waals surface area contributed by atoms with Gasteiger partial charge in [0.1, 0.15) is 15.9 Å². The molecule has 0 radical (unpaired) electrons. The summed E-state index contributed by atoms with van der Waals surface area (Å²) in [6.45, 7) is 0. The number of azo groups is 1. The van der Waals surface area contributed by atoms with Gasteiger partial charge in [-0.3, -0.25) is 10.1 Å². The Balaban J connectivity index is 0.00000341. The van der Waals surface area contributed by atoms with Crippen LogP contribution in [0.25, 0.3) is 10.8 Å². The van der Waals surface area contributed by atoms with E-state index in [1.54, 1.807) is 0 Å². The second kappa shape index (κ2) is 8.88. The van der Waals surface area contributed by atoms with E-state index in [1.807, 2.05) is 0 Å². The molecule has 0 heterocycles. The summed E-state index contributed by atoms with van der Waals surface area (Å²) in [5.41, 5.74) is -3.05. The fraction of sp³-hybridized carbons (Fsp3) is 0.0588. The number of nitro benzene ring substituents is 1. The first kappa shape index (κ1) is 24.7. The van der Waals surface area contributed by atoms with Gasteiger partial charge in [-0.05, 0) is 36.4 Å². The minimum atomic E-state index is -4.96. The van der Waals surface area contributed by atoms with Crippen LogP contribution in [0, 0.1) is 10.1 Å². The molecule has 0 fully saturated rings. The van der Waals surface area contributed by atoms with Gasteiger partial charge in [0.25, 0.3) is 5.69 Å². The van der Waals surface area contributed by atoms with E-state index in [0.29, 0.717) is 6.07 Å². The molecule has 3 aromatic rings. The second-order valence-electron chi connectivity index (χ2n) is 5.92. The summed E-state index contributed by atoms with van der Waals surface area (Å²) < 4.78 is 73.5. The number of hydrogen-bond donors (Lipinski definition) is 1. The van der Waals surface area contributed by atoms with Gasteiger partial charge in [0, 0.05) is 22.9 Å². The van der Waals surface area contributed by atoms with E-state index >= 15 is 0 Å². The monoisotopic (exact) mass is 463 g/mol. The molecule has 0 saturated heterocycles. The molecule has 0 spiro atoms. The van der Waals surface area contributed by atoms with Crippen molar-refractivity contribution >= 4 is 38.0 Å². The number of phenolic OH excluding ortho intramolecular Hbond substituents is 1. The molecule has 0 aromatic heterocycles. The molecule has 1 N–H and O–H groups in total. The van der Waals surface area contributed by atoms with Crippen LogP contribution in [0.2, 0.25) is 0 Å². The van der Waals surface area contributed by atoms with Crippen LogP contribution >= 0.6 is 0 Å². The van der Waals surface area contributed by atoms with E-state index in [0.717, 1.165) is 42.5 Å². The Labute approximate surface area is 194 Å². The molecule has 3 aromatic carbocycles. The van der Waals surface area contributed by atoms with Crippen molar-refractivity contribution in [3.8, 4) is 5.75 Å². The molecule has 0 saturated carbocycles. The summed E-state index contributed by atoms with van der Waals surface area (Å²) in [7, 11) is -4.85. The summed E-state index contributed by atoms with van der Waals surface area (Å²) in [5.74, 6) is -0.287. The van der Waals surface area contributed by atoms with E-state index in [-0.39, 0.29) is 51.8 Å². The van der Waals surface area contributed by atoms with Gasteiger partial charge in [-0.2, -0.15) is 13.2 Å². The number of fused-ring (bicyclic) bond motifs is 1. The second-order valence-corrected chi connectivity index (χ2v) is 7.30. The molecule has 156 valence electrons. The zero-order chi connectivity index (χ0) is 22.3. The topological polar surface area (TPSA) is 145 Å². The smallest absolute Gasteiger partial charge is 0.744 e. The van der Waals surface area contributed by atoms with Gasteiger partial charge in [-0.1, -0.05) is 0 Å². The first-order valence-corrected chi connectivity index (χ1v) is 9.28. The zero-order valence-corrected chi connectivity index (χ0v) is 18.3. The van der Waals surface area contributed by atoms with Gasteiger partial charge < -0.3 is 9.66 Å². The Morgan fingerprint density at radius 2 is 1.55 bits per heavy atom. The van der Waals surface area contributed by atoms with Crippen LogP contribution in [-0.4, -0.2) is 23.0 Å². The average Bonchev–Trinajstić information content (AvgIpc) is 2.65. The van der Waals surface area contributed by atoms with Gasteiger partial charge >= 0.3 is 35.7 Å². The Hall–Kier alpha value is -2.58. The SMILES string of the molecule is O=[N+]([O-])c1ccc(N=Nc2ccc(O)c3ccc(S(=O)(=O)[O-])cc23)c(C(F)(F)F)c1.[Na+]. The number of non-ortho nitro benzene ring substituents is 1. The van der Waals surface area contributed by atoms with E-state index in [2.05, 4.69) is 10.2 Å². The molecular weight excluding hydrogens is 454 g/mol. The van der Waals surface area contributed by atoms with Gasteiger partial charge in [-0.25, -0.2) is 8.42 Å². The molecule has 0 bridgehead atoms. The van der Waals surface area contributed by atoms with Gasteiger partial charge in [0.15, 0.2) is 0 Å². The van der Waals surface area contributed by atoms with Crippen molar-refractivity contribution in [1.29, 1.82) is 0 Å². The fourth-order valence-electron chi connectivity index (χ4n) is 2.60. The normalized spacial score (nSPS) is 12.1. The first-order chi connectivity index (χ1) is 13.9. The third-order valence-electron chi connectivity index (χ3n) is 3.99. The van der Waals surface area contributed by atoms with E-state index in [4.69, 9.17) is 0 Å². The number of rotatable bonds is 4. The van der Waals surface area contributed by atoms with Crippen LogP contribution in [0.3, 0.4) is 0 Å². The van der Waals surface area contributed by atoms with E-state index in [1.165, 1.54) is 0 Å². The van der Waals surface area contributed by atoms with Crippen LogP contribution in [-0.2, 0) is 16.3 Å². The van der Waals surface area contributed by atoms with Crippen LogP contribution in [0.5, 0.6) is 5.75 Å². The van der Waals surface area contributed by atoms with Crippen molar-refractivity contribution in [2.45, 2.75) is 11.1 Å². The molecule has 14 heteroatoms. The maximum atomic E-state index is 13.2. The fourth-order valence-corrected chi connectivity index (χ4v) is 3.10. The summed E-state index contributed by atoms with van der Waals surface area (Å²) in [5, 5.41) is 27.8. The zero-order valence-electron chi connectivity index (χ0n) is 15.5. The molecule has 0 aliphatic carbocycles. The Morgan fingerprint density at radius 3 is 2.13 bits per heavy atom. The van der Waals surface area contributed by atoms with Crippen LogP contribution in [0.15, 0.2) is 63.7 Å². The van der Waals surface area contributed by atoms with Crippen molar-refractivity contribution in [1.82, 2.24) is 0 Å². The van der Waals surface area contributed by atoms with Crippen molar-refractivity contribution in [3.63, 3.8) is 0 Å². The van der Waals surface area contributed by atoms with Crippen molar-refractivity contribution in [2.75, 3.05) is 0 Å². The molecule has 3 rings (SSSR count). The average molecular weight is 463 g/mol. The van der Waals surface area contributed by atoms with Crippen molar-refractivity contribution in [2.24, 2.45) is 10.2 Å². The minimum absolute atomic E-state index is 0. The van der Waals surface area contributed by atoms with Gasteiger partial charge in [-0.15, -0.1) is 10.2 Å². The van der Waals surface area contributed by atoms with Crippen LogP contribution in [0.4, 0.5) is 30.2 Å². The Bertz CT molecular complexity index is 1310. The van der Waals surface area contributed by atoms with E-state index in [9.17, 15) is 41.4 Å². The first-order valence-electron chi connectivity index (χ1n) is 7.87. The largest absolute Gasteiger partial charge is 1.00 e. The predicted molar refractivity (Wildman–Crippen MR) is 95.9 cm³/mol. The van der Waals surface area contributed by atoms with Crippen LogP contribution in [0.1, 0.15) is 5.56 Å². The summed E-state index contributed by atoms with van der Waals surface area (Å²) >= 11 is 0. The molecule has 0 aliphatic heterocycles. The van der Waals surface area contributed by atoms with Gasteiger partial charge in [0.05, 0.1) is 26.8 Å². The molecular formula is C17H9F3N3NaO6S. The maximum absolute atomic E-state index is 13.2. The van der Waals surface area contributed by atoms with E-state index < -0.39 is 43.1 Å². The number of phenols is 1. The third-order valence-corrected chi connectivity index (χ3v) is 4.82. The predicted octanol–water partition coefficient (Wildman–Crippen LogP) is 1.80. The third kappa shape index (κ3) is 5.37. The molecule has 0 unspecified atom stereocenters. The summed E-state index contributed by atoms with van der Waals surface area (Å²) in [6.07, 6.45) is -4.96. The minimum Gasteiger partial charge on any atom is -0.744 e. The number of alkyl halides is 3. The summed E-state index contributed by atoms with van der Waals surface area (Å²) in [6, 6.07) is 7.22. The van der Waals surface area contributed by atoms with Gasteiger partial charge in [0.2, 0.25) is 0 Å². The maximum Gasteiger partial charge on any atom is 1.00 e. The number of halogens is 3. The van der Waals surface area contributed by atoms with Crippen molar-refractivity contribution in [3.05, 3.63) is 64.2 Å². The number of benzene rings is 3. The summed E-state index contributed by atoms with van der Waals surface area (Å²) in [4.78, 5) is 9.12.